The summed E-state index contributed by atoms with van der Waals surface area (Å²) >= 11 is 0. The third-order valence-corrected chi connectivity index (χ3v) is 3.67. The van der Waals surface area contributed by atoms with Gasteiger partial charge < -0.3 is 15.5 Å². The van der Waals surface area contributed by atoms with Crippen molar-refractivity contribution < 1.29 is 9.21 Å². The molecule has 0 unspecified atom stereocenters. The van der Waals surface area contributed by atoms with Gasteiger partial charge >= 0.3 is 0 Å². The number of nitrogens with one attached hydrogen (secondary N) is 1. The number of rotatable bonds is 4. The molecule has 0 aliphatic rings. The van der Waals surface area contributed by atoms with E-state index in [1.807, 2.05) is 44.2 Å². The smallest absolute Gasteiger partial charge is 0.270 e. The summed E-state index contributed by atoms with van der Waals surface area (Å²) in [6, 6.07) is 14.8. The van der Waals surface area contributed by atoms with Gasteiger partial charge in [-0.2, -0.15) is 0 Å². The van der Waals surface area contributed by atoms with Crippen LogP contribution in [0.3, 0.4) is 0 Å². The molecule has 6 heteroatoms. The summed E-state index contributed by atoms with van der Waals surface area (Å²) < 4.78 is 5.30. The van der Waals surface area contributed by atoms with E-state index in [1.54, 1.807) is 18.2 Å². The van der Waals surface area contributed by atoms with Gasteiger partial charge in [0.1, 0.15) is 11.4 Å². The number of aromatic nitrogens is 2. The highest BCUT2D eigenvalue weighted by Crippen LogP contribution is 2.22. The van der Waals surface area contributed by atoms with Gasteiger partial charge in [0.2, 0.25) is 5.95 Å². The molecule has 2 heterocycles. The first-order valence-corrected chi connectivity index (χ1v) is 7.52. The Balaban J connectivity index is 1.88. The van der Waals surface area contributed by atoms with E-state index in [0.29, 0.717) is 11.5 Å². The van der Waals surface area contributed by atoms with E-state index in [2.05, 4.69) is 15.3 Å². The Morgan fingerprint density at radius 2 is 1.88 bits per heavy atom. The van der Waals surface area contributed by atoms with Gasteiger partial charge in [0.15, 0.2) is 5.76 Å². The molecule has 0 aliphatic heterocycles. The lowest BCUT2D eigenvalue weighted by Crippen LogP contribution is -2.41. The number of hydrogen-bond acceptors (Lipinski definition) is 5. The van der Waals surface area contributed by atoms with E-state index >= 15 is 0 Å². The Bertz CT molecular complexity index is 843. The summed E-state index contributed by atoms with van der Waals surface area (Å²) in [4.78, 5) is 20.8. The summed E-state index contributed by atoms with van der Waals surface area (Å²) in [5, 5.41) is 2.97. The number of nitrogen functional groups attached to an aromatic ring is 1. The van der Waals surface area contributed by atoms with Crippen molar-refractivity contribution in [2.75, 3.05) is 5.73 Å². The normalized spacial score (nSPS) is 11.2. The minimum atomic E-state index is -0.553. The van der Waals surface area contributed by atoms with Crippen LogP contribution in [0.25, 0.3) is 11.5 Å². The van der Waals surface area contributed by atoms with Crippen molar-refractivity contribution in [3.63, 3.8) is 0 Å². The number of nitrogens with two attached hydrogens (primary N) is 1. The summed E-state index contributed by atoms with van der Waals surface area (Å²) in [6.07, 6.45) is 1.53. The minimum absolute atomic E-state index is 0.0200. The summed E-state index contributed by atoms with van der Waals surface area (Å²) in [5.41, 5.74) is 6.83. The number of nitrogens with zero attached hydrogens (tertiary/aromatic N) is 2. The number of furan rings is 1. The third kappa shape index (κ3) is 3.27. The van der Waals surface area contributed by atoms with E-state index in [9.17, 15) is 4.79 Å². The van der Waals surface area contributed by atoms with Gasteiger partial charge in [-0.05, 0) is 37.6 Å². The first kappa shape index (κ1) is 15.7. The quantitative estimate of drug-likeness (QED) is 0.770. The van der Waals surface area contributed by atoms with Crippen molar-refractivity contribution >= 4 is 11.9 Å². The zero-order valence-electron chi connectivity index (χ0n) is 13.5. The second-order valence-corrected chi connectivity index (χ2v) is 5.92. The fourth-order valence-electron chi connectivity index (χ4n) is 2.41. The first-order valence-electron chi connectivity index (χ1n) is 7.52. The monoisotopic (exact) mass is 322 g/mol. The number of benzene rings is 1. The zero-order valence-corrected chi connectivity index (χ0v) is 13.5. The van der Waals surface area contributed by atoms with Crippen molar-refractivity contribution in [2.45, 2.75) is 19.4 Å². The molecule has 3 rings (SSSR count). The Hall–Kier alpha value is -3.15. The summed E-state index contributed by atoms with van der Waals surface area (Å²) in [7, 11) is 0. The predicted molar refractivity (Wildman–Crippen MR) is 91.1 cm³/mol. The molecule has 0 fully saturated rings. The SMILES string of the molecule is CC(C)(NC(=O)c1cc(-c2ccco2)nc(N)n1)c1ccccc1. The van der Waals surface area contributed by atoms with Gasteiger partial charge in [0, 0.05) is 0 Å². The lowest BCUT2D eigenvalue weighted by Gasteiger charge is -2.26. The zero-order chi connectivity index (χ0) is 17.2. The molecule has 0 spiro atoms. The maximum absolute atomic E-state index is 12.6. The van der Waals surface area contributed by atoms with Crippen LogP contribution >= 0.6 is 0 Å². The largest absolute Gasteiger partial charge is 0.463 e. The van der Waals surface area contributed by atoms with Gasteiger partial charge in [-0.15, -0.1) is 0 Å². The second kappa shape index (κ2) is 6.16. The van der Waals surface area contributed by atoms with Crippen LogP contribution in [-0.4, -0.2) is 15.9 Å². The molecule has 0 atom stereocenters. The summed E-state index contributed by atoms with van der Waals surface area (Å²) in [5.74, 6) is 0.220. The van der Waals surface area contributed by atoms with Crippen LogP contribution in [-0.2, 0) is 5.54 Å². The second-order valence-electron chi connectivity index (χ2n) is 5.92. The number of amides is 1. The minimum Gasteiger partial charge on any atom is -0.463 e. The topological polar surface area (TPSA) is 94.0 Å². The standard InChI is InChI=1S/C18H18N4O2/c1-18(2,12-7-4-3-5-8-12)22-16(23)14-11-13(20-17(19)21-14)15-9-6-10-24-15/h3-11H,1-2H3,(H,22,23)(H2,19,20,21). The highest BCUT2D eigenvalue weighted by Gasteiger charge is 2.24. The molecule has 2 aromatic heterocycles. The average molecular weight is 322 g/mol. The molecule has 0 bridgehead atoms. The molecular weight excluding hydrogens is 304 g/mol. The number of carbonyl (C=O) groups excluding carboxylic acids is 1. The summed E-state index contributed by atoms with van der Waals surface area (Å²) in [6.45, 7) is 3.86. The van der Waals surface area contributed by atoms with E-state index in [1.165, 1.54) is 6.26 Å². The van der Waals surface area contributed by atoms with Crippen LogP contribution in [0, 0.1) is 0 Å². The van der Waals surface area contributed by atoms with Crippen molar-refractivity contribution in [3.05, 3.63) is 66.1 Å². The van der Waals surface area contributed by atoms with Gasteiger partial charge in [0.05, 0.1) is 11.8 Å². The van der Waals surface area contributed by atoms with E-state index in [0.717, 1.165) is 5.56 Å². The van der Waals surface area contributed by atoms with Crippen LogP contribution in [0.15, 0.2) is 59.2 Å². The number of hydrogen-bond donors (Lipinski definition) is 2. The molecule has 0 radical (unpaired) electrons. The highest BCUT2D eigenvalue weighted by atomic mass is 16.3. The van der Waals surface area contributed by atoms with Gasteiger partial charge in [0.25, 0.3) is 5.91 Å². The lowest BCUT2D eigenvalue weighted by atomic mass is 9.94. The van der Waals surface area contributed by atoms with Crippen molar-refractivity contribution in [1.29, 1.82) is 0 Å². The Kier molecular flexibility index (Phi) is 4.04. The van der Waals surface area contributed by atoms with Crippen LogP contribution in [0.1, 0.15) is 29.9 Å². The molecule has 122 valence electrons. The fraction of sp³-hybridized carbons (Fsp3) is 0.167. The van der Waals surface area contributed by atoms with E-state index in [4.69, 9.17) is 10.2 Å². The highest BCUT2D eigenvalue weighted by molar-refractivity contribution is 5.94. The maximum atomic E-state index is 12.6. The first-order chi connectivity index (χ1) is 11.5. The van der Waals surface area contributed by atoms with Crippen molar-refractivity contribution in [1.82, 2.24) is 15.3 Å². The Morgan fingerprint density at radius 1 is 1.12 bits per heavy atom. The predicted octanol–water partition coefficient (Wildman–Crippen LogP) is 2.98. The third-order valence-electron chi connectivity index (χ3n) is 3.67. The molecule has 1 amide bonds. The number of anilines is 1. The van der Waals surface area contributed by atoms with Crippen molar-refractivity contribution in [3.8, 4) is 11.5 Å². The average Bonchev–Trinajstić information content (AvgIpc) is 3.09. The van der Waals surface area contributed by atoms with Crippen LogP contribution in [0.5, 0.6) is 0 Å². The van der Waals surface area contributed by atoms with Gasteiger partial charge in [-0.1, -0.05) is 30.3 Å². The van der Waals surface area contributed by atoms with Crippen LogP contribution in [0.4, 0.5) is 5.95 Å². The molecule has 3 N–H and O–H groups in total. The Morgan fingerprint density at radius 3 is 2.54 bits per heavy atom. The molecule has 0 saturated carbocycles. The maximum Gasteiger partial charge on any atom is 0.270 e. The van der Waals surface area contributed by atoms with Gasteiger partial charge in [-0.25, -0.2) is 9.97 Å². The Labute approximate surface area is 139 Å². The molecule has 1 aromatic carbocycles. The fourth-order valence-corrected chi connectivity index (χ4v) is 2.41. The van der Waals surface area contributed by atoms with Crippen LogP contribution < -0.4 is 11.1 Å². The molecule has 3 aromatic rings. The molecule has 0 aliphatic carbocycles. The van der Waals surface area contributed by atoms with Crippen molar-refractivity contribution in [2.24, 2.45) is 0 Å². The molecule has 6 nitrogen and oxygen atoms in total. The number of carbonyl (C=O) groups is 1. The molecule has 0 saturated heterocycles. The lowest BCUT2D eigenvalue weighted by molar-refractivity contribution is 0.0907. The van der Waals surface area contributed by atoms with Crippen LogP contribution in [0.2, 0.25) is 0 Å². The van der Waals surface area contributed by atoms with Gasteiger partial charge in [-0.3, -0.25) is 4.79 Å². The molecule has 24 heavy (non-hydrogen) atoms. The van der Waals surface area contributed by atoms with E-state index in [-0.39, 0.29) is 17.5 Å². The van der Waals surface area contributed by atoms with E-state index < -0.39 is 5.54 Å². The molecular formula is C18H18N4O2.